The normalized spacial score (nSPS) is 16.4. The van der Waals surface area contributed by atoms with Crippen molar-refractivity contribution in [1.82, 2.24) is 19.8 Å². The molecule has 0 unspecified atom stereocenters. The van der Waals surface area contributed by atoms with Gasteiger partial charge in [-0.05, 0) is 86.2 Å². The SMILES string of the molecule is COC(=O)c1ccccc1-n1c(C)cc([C@@H]2[C@@H](c3ccccn3)NC(=S)N2CCC(=O)Nc2ccc(F)cc2)c1C. The maximum absolute atomic E-state index is 13.3. The number of para-hydroxylation sites is 1. The predicted octanol–water partition coefficient (Wildman–Crippen LogP) is 5.42. The van der Waals surface area contributed by atoms with E-state index in [1.54, 1.807) is 18.3 Å². The maximum Gasteiger partial charge on any atom is 0.339 e. The Morgan fingerprint density at radius 2 is 1.80 bits per heavy atom. The Morgan fingerprint density at radius 1 is 1.07 bits per heavy atom. The van der Waals surface area contributed by atoms with Gasteiger partial charge in [0.25, 0.3) is 0 Å². The van der Waals surface area contributed by atoms with Crippen LogP contribution in [0.4, 0.5) is 10.1 Å². The van der Waals surface area contributed by atoms with Crippen LogP contribution in [0.15, 0.2) is 79.0 Å². The summed E-state index contributed by atoms with van der Waals surface area (Å²) in [6.07, 6.45) is 1.90. The Kier molecular flexibility index (Phi) is 8.11. The number of anilines is 1. The van der Waals surface area contributed by atoms with Gasteiger partial charge in [-0.1, -0.05) is 18.2 Å². The molecule has 41 heavy (non-hydrogen) atoms. The van der Waals surface area contributed by atoms with Crippen LogP contribution in [0.25, 0.3) is 5.69 Å². The third-order valence-corrected chi connectivity index (χ3v) is 7.60. The number of amides is 1. The molecule has 0 spiro atoms. The van der Waals surface area contributed by atoms with Gasteiger partial charge in [0.05, 0.1) is 36.1 Å². The van der Waals surface area contributed by atoms with Crippen molar-refractivity contribution < 1.29 is 18.7 Å². The van der Waals surface area contributed by atoms with E-state index in [0.29, 0.717) is 28.6 Å². The molecule has 5 rings (SSSR count). The van der Waals surface area contributed by atoms with Crippen molar-refractivity contribution in [1.29, 1.82) is 0 Å². The molecule has 210 valence electrons. The Balaban J connectivity index is 1.50. The summed E-state index contributed by atoms with van der Waals surface area (Å²) in [6, 6.07) is 20.3. The van der Waals surface area contributed by atoms with E-state index in [0.717, 1.165) is 22.6 Å². The summed E-state index contributed by atoms with van der Waals surface area (Å²) in [5.74, 6) is -0.998. The van der Waals surface area contributed by atoms with Gasteiger partial charge in [-0.25, -0.2) is 9.18 Å². The van der Waals surface area contributed by atoms with Gasteiger partial charge < -0.3 is 24.8 Å². The molecule has 1 amide bonds. The molecule has 8 nitrogen and oxygen atoms in total. The van der Waals surface area contributed by atoms with Crippen LogP contribution in [0.2, 0.25) is 0 Å². The highest BCUT2D eigenvalue weighted by atomic mass is 32.1. The summed E-state index contributed by atoms with van der Waals surface area (Å²) in [5, 5.41) is 6.75. The Labute approximate surface area is 243 Å². The number of hydrogen-bond acceptors (Lipinski definition) is 5. The number of nitrogens with one attached hydrogen (secondary N) is 2. The molecule has 1 fully saturated rings. The second-order valence-corrected chi connectivity index (χ2v) is 10.2. The highest BCUT2D eigenvalue weighted by molar-refractivity contribution is 7.80. The number of hydrogen-bond donors (Lipinski definition) is 2. The van der Waals surface area contributed by atoms with Crippen molar-refractivity contribution in [3.63, 3.8) is 0 Å². The minimum absolute atomic E-state index is 0.161. The number of benzene rings is 2. The van der Waals surface area contributed by atoms with Crippen molar-refractivity contribution in [2.75, 3.05) is 19.0 Å². The molecule has 10 heteroatoms. The predicted molar refractivity (Wildman–Crippen MR) is 158 cm³/mol. The summed E-state index contributed by atoms with van der Waals surface area (Å²) in [7, 11) is 1.37. The zero-order valence-electron chi connectivity index (χ0n) is 22.9. The van der Waals surface area contributed by atoms with Gasteiger partial charge in [-0.15, -0.1) is 0 Å². The Bertz CT molecular complexity index is 1590. The Morgan fingerprint density at radius 3 is 2.51 bits per heavy atom. The first kappa shape index (κ1) is 28.0. The summed E-state index contributed by atoms with van der Waals surface area (Å²) in [5.41, 5.74) is 5.36. The zero-order chi connectivity index (χ0) is 29.1. The number of thiocarbonyl (C=S) groups is 1. The van der Waals surface area contributed by atoms with Crippen molar-refractivity contribution in [2.24, 2.45) is 0 Å². The van der Waals surface area contributed by atoms with E-state index in [4.69, 9.17) is 17.0 Å². The standard InChI is InChI=1S/C31H30FN5O3S/c1-19-18-24(20(2)37(19)26-10-5-4-8-23(26)30(39)40-3)29-28(25-9-6-7-16-33-25)35-31(41)36(29)17-15-27(38)34-22-13-11-21(32)12-14-22/h4-14,16,18,28-29H,15,17H2,1-3H3,(H,34,38)(H,35,41)/t28-,29-/m1/s1. The lowest BCUT2D eigenvalue weighted by Gasteiger charge is -2.28. The molecule has 0 saturated carbocycles. The van der Waals surface area contributed by atoms with Crippen molar-refractivity contribution >= 4 is 34.9 Å². The lowest BCUT2D eigenvalue weighted by Crippen LogP contribution is -2.32. The summed E-state index contributed by atoms with van der Waals surface area (Å²) < 4.78 is 20.4. The smallest absolute Gasteiger partial charge is 0.339 e. The van der Waals surface area contributed by atoms with Crippen LogP contribution in [0, 0.1) is 19.7 Å². The monoisotopic (exact) mass is 571 g/mol. The van der Waals surface area contributed by atoms with Crippen LogP contribution in [0.1, 0.15) is 51.5 Å². The second kappa shape index (κ2) is 11.9. The molecule has 4 aromatic rings. The number of nitrogens with zero attached hydrogens (tertiary/aromatic N) is 3. The lowest BCUT2D eigenvalue weighted by molar-refractivity contribution is -0.116. The molecule has 1 saturated heterocycles. The van der Waals surface area contributed by atoms with E-state index in [2.05, 4.69) is 21.7 Å². The molecule has 3 heterocycles. The molecule has 1 aliphatic heterocycles. The van der Waals surface area contributed by atoms with E-state index in [1.807, 2.05) is 53.6 Å². The van der Waals surface area contributed by atoms with E-state index in [9.17, 15) is 14.0 Å². The van der Waals surface area contributed by atoms with Crippen molar-refractivity contribution in [2.45, 2.75) is 32.4 Å². The highest BCUT2D eigenvalue weighted by Crippen LogP contribution is 2.41. The van der Waals surface area contributed by atoms with Gasteiger partial charge in [0, 0.05) is 36.2 Å². The lowest BCUT2D eigenvalue weighted by atomic mass is 9.96. The second-order valence-electron chi connectivity index (χ2n) is 9.80. The van der Waals surface area contributed by atoms with Gasteiger partial charge in [0.2, 0.25) is 5.91 Å². The number of carbonyl (C=O) groups excluding carboxylic acids is 2. The number of methoxy groups -OCH3 is 1. The average molecular weight is 572 g/mol. The van der Waals surface area contributed by atoms with Gasteiger partial charge in [0.15, 0.2) is 5.11 Å². The van der Waals surface area contributed by atoms with E-state index in [-0.39, 0.29) is 30.2 Å². The van der Waals surface area contributed by atoms with Crippen LogP contribution < -0.4 is 10.6 Å². The number of aryl methyl sites for hydroxylation is 1. The van der Waals surface area contributed by atoms with Gasteiger partial charge in [0.1, 0.15) is 5.82 Å². The minimum atomic E-state index is -0.418. The van der Waals surface area contributed by atoms with Crippen LogP contribution in [-0.4, -0.2) is 45.1 Å². The fourth-order valence-electron chi connectivity index (χ4n) is 5.37. The molecule has 1 aliphatic rings. The first-order valence-electron chi connectivity index (χ1n) is 13.2. The molecule has 0 bridgehead atoms. The van der Waals surface area contributed by atoms with Crippen LogP contribution >= 0.6 is 12.2 Å². The molecular formula is C31H30FN5O3S. The maximum atomic E-state index is 13.3. The number of halogens is 1. The quantitative estimate of drug-likeness (QED) is 0.216. The van der Waals surface area contributed by atoms with E-state index in [1.165, 1.54) is 31.4 Å². The Hall–Kier alpha value is -4.57. The highest BCUT2D eigenvalue weighted by Gasteiger charge is 2.41. The summed E-state index contributed by atoms with van der Waals surface area (Å²) in [6.45, 7) is 4.34. The summed E-state index contributed by atoms with van der Waals surface area (Å²) in [4.78, 5) is 32.0. The molecular weight excluding hydrogens is 541 g/mol. The third-order valence-electron chi connectivity index (χ3n) is 7.24. The van der Waals surface area contributed by atoms with Gasteiger partial charge in [-0.2, -0.15) is 0 Å². The van der Waals surface area contributed by atoms with E-state index >= 15 is 0 Å². The zero-order valence-corrected chi connectivity index (χ0v) is 23.7. The van der Waals surface area contributed by atoms with Gasteiger partial charge >= 0.3 is 5.97 Å². The number of aromatic nitrogens is 2. The fourth-order valence-corrected chi connectivity index (χ4v) is 5.70. The molecule has 0 radical (unpaired) electrons. The van der Waals surface area contributed by atoms with Crippen LogP contribution in [-0.2, 0) is 9.53 Å². The molecule has 2 aromatic heterocycles. The van der Waals surface area contributed by atoms with Gasteiger partial charge in [-0.3, -0.25) is 9.78 Å². The summed E-state index contributed by atoms with van der Waals surface area (Å²) >= 11 is 5.78. The molecule has 0 aliphatic carbocycles. The van der Waals surface area contributed by atoms with Crippen molar-refractivity contribution in [3.8, 4) is 5.69 Å². The van der Waals surface area contributed by atoms with Crippen LogP contribution in [0.5, 0.6) is 0 Å². The third kappa shape index (κ3) is 5.69. The first-order chi connectivity index (χ1) is 19.8. The number of ether oxygens (including phenoxy) is 1. The van der Waals surface area contributed by atoms with E-state index < -0.39 is 5.97 Å². The van der Waals surface area contributed by atoms with Crippen LogP contribution in [0.3, 0.4) is 0 Å². The molecule has 2 atom stereocenters. The number of carbonyl (C=O) groups is 2. The largest absolute Gasteiger partial charge is 0.465 e. The number of pyridine rings is 1. The number of esters is 1. The average Bonchev–Trinajstić information content (AvgIpc) is 3.47. The minimum Gasteiger partial charge on any atom is -0.465 e. The number of rotatable bonds is 8. The first-order valence-corrected chi connectivity index (χ1v) is 13.6. The topological polar surface area (TPSA) is 88.5 Å². The molecule has 2 aromatic carbocycles. The van der Waals surface area contributed by atoms with Crippen molar-refractivity contribution in [3.05, 3.63) is 113 Å². The molecule has 2 N–H and O–H groups in total. The fraction of sp³-hybridized carbons (Fsp3) is 0.226.